The molecule has 0 spiro atoms. The number of benzene rings is 2. The molecule has 0 atom stereocenters. The number of carbonyl (C=O) groups excluding carboxylic acids is 1. The lowest BCUT2D eigenvalue weighted by Crippen LogP contribution is -2.48. The zero-order chi connectivity index (χ0) is 20.5. The average Bonchev–Trinajstić information content (AvgIpc) is 3.40. The largest absolute Gasteiger partial charge is 0.351 e. The van der Waals surface area contributed by atoms with Gasteiger partial charge in [-0.05, 0) is 36.4 Å². The summed E-state index contributed by atoms with van der Waals surface area (Å²) in [5.74, 6) is -0.0235. The summed E-state index contributed by atoms with van der Waals surface area (Å²) in [7, 11) is 0. The molecule has 5 rings (SSSR count). The van der Waals surface area contributed by atoms with Gasteiger partial charge in [-0.25, -0.2) is 9.97 Å². The second-order valence-electron chi connectivity index (χ2n) is 7.23. The van der Waals surface area contributed by atoms with E-state index in [0.29, 0.717) is 12.1 Å². The van der Waals surface area contributed by atoms with Crippen LogP contribution in [0.25, 0.3) is 20.4 Å². The van der Waals surface area contributed by atoms with Crippen LogP contribution in [0.2, 0.25) is 0 Å². The summed E-state index contributed by atoms with van der Waals surface area (Å²) in [6.45, 7) is 5.36. The van der Waals surface area contributed by atoms with Crippen molar-refractivity contribution in [3.8, 4) is 0 Å². The van der Waals surface area contributed by atoms with Gasteiger partial charge in [-0.3, -0.25) is 9.69 Å². The molecule has 0 bridgehead atoms. The van der Waals surface area contributed by atoms with Crippen LogP contribution < -0.4 is 10.2 Å². The van der Waals surface area contributed by atoms with Crippen molar-refractivity contribution < 1.29 is 4.79 Å². The van der Waals surface area contributed by atoms with E-state index < -0.39 is 0 Å². The number of rotatable bonds is 5. The minimum absolute atomic E-state index is 0.0235. The van der Waals surface area contributed by atoms with Gasteiger partial charge >= 0.3 is 0 Å². The fourth-order valence-corrected chi connectivity index (χ4v) is 5.90. The first-order chi connectivity index (χ1) is 14.7. The number of hydrogen-bond donors (Lipinski definition) is 1. The Morgan fingerprint density at radius 1 is 1.07 bits per heavy atom. The van der Waals surface area contributed by atoms with E-state index >= 15 is 0 Å². The number of hydrogen-bond acceptors (Lipinski definition) is 7. The number of amides is 1. The van der Waals surface area contributed by atoms with Crippen LogP contribution >= 0.6 is 38.6 Å². The number of thiazole rings is 2. The normalized spacial score (nSPS) is 15.2. The maximum Gasteiger partial charge on any atom is 0.251 e. The Balaban J connectivity index is 1.11. The van der Waals surface area contributed by atoms with Crippen molar-refractivity contribution in [2.45, 2.75) is 0 Å². The molecule has 0 saturated carbocycles. The molecule has 9 heteroatoms. The molecule has 0 radical (unpaired) electrons. The highest BCUT2D eigenvalue weighted by atomic mass is 79.9. The number of carbonyl (C=O) groups is 1. The molecule has 0 aliphatic carbocycles. The van der Waals surface area contributed by atoms with Crippen LogP contribution in [-0.2, 0) is 0 Å². The van der Waals surface area contributed by atoms with E-state index in [9.17, 15) is 4.79 Å². The molecule has 1 aliphatic heterocycles. The Kier molecular flexibility index (Phi) is 5.68. The molecule has 2 aromatic heterocycles. The molecular formula is C21H20BrN5OS2. The number of anilines is 1. The van der Waals surface area contributed by atoms with Gasteiger partial charge in [0.05, 0.1) is 25.9 Å². The molecule has 1 N–H and O–H groups in total. The van der Waals surface area contributed by atoms with Gasteiger partial charge in [0.15, 0.2) is 5.13 Å². The van der Waals surface area contributed by atoms with Crippen molar-refractivity contribution in [2.75, 3.05) is 44.2 Å². The molecule has 4 aromatic rings. The molecule has 0 unspecified atom stereocenters. The second-order valence-corrected chi connectivity index (χ2v) is 10.0. The summed E-state index contributed by atoms with van der Waals surface area (Å²) in [6, 6.07) is 11.9. The zero-order valence-corrected chi connectivity index (χ0v) is 19.4. The van der Waals surface area contributed by atoms with Crippen molar-refractivity contribution in [1.29, 1.82) is 0 Å². The van der Waals surface area contributed by atoms with Crippen LogP contribution in [0.3, 0.4) is 0 Å². The highest BCUT2D eigenvalue weighted by Gasteiger charge is 2.20. The van der Waals surface area contributed by atoms with Crippen molar-refractivity contribution in [1.82, 2.24) is 20.2 Å². The summed E-state index contributed by atoms with van der Waals surface area (Å²) < 4.78 is 3.34. The summed E-state index contributed by atoms with van der Waals surface area (Å²) in [4.78, 5) is 26.2. The Hall–Kier alpha value is -2.07. The zero-order valence-electron chi connectivity index (χ0n) is 16.2. The Morgan fingerprint density at radius 2 is 1.90 bits per heavy atom. The van der Waals surface area contributed by atoms with Crippen molar-refractivity contribution >= 4 is 70.1 Å². The van der Waals surface area contributed by atoms with Crippen molar-refractivity contribution in [3.63, 3.8) is 0 Å². The first-order valence-corrected chi connectivity index (χ1v) is 12.3. The van der Waals surface area contributed by atoms with Gasteiger partial charge in [-0.2, -0.15) is 0 Å². The molecule has 1 saturated heterocycles. The van der Waals surface area contributed by atoms with Crippen LogP contribution in [0.1, 0.15) is 10.4 Å². The Morgan fingerprint density at radius 3 is 2.77 bits per heavy atom. The van der Waals surface area contributed by atoms with Crippen LogP contribution in [0.15, 0.2) is 46.4 Å². The molecule has 1 fully saturated rings. The lowest BCUT2D eigenvalue weighted by atomic mass is 10.2. The van der Waals surface area contributed by atoms with Gasteiger partial charge in [-0.15, -0.1) is 11.3 Å². The Labute approximate surface area is 190 Å². The number of nitrogens with zero attached hydrogens (tertiary/aromatic N) is 4. The standard InChI is InChI=1S/C21H20BrN5OS2/c22-15-2-4-17-19(12-15)30-21(25-17)27-9-7-26(8-10-27)6-5-23-20(28)14-1-3-16-18(11-14)29-13-24-16/h1-4,11-13H,5-10H2,(H,23,28). The van der Waals surface area contributed by atoms with Gasteiger partial charge in [0.25, 0.3) is 5.91 Å². The smallest absolute Gasteiger partial charge is 0.251 e. The third kappa shape index (κ3) is 4.20. The first-order valence-electron chi connectivity index (χ1n) is 9.80. The Bertz CT molecular complexity index is 1200. The fraction of sp³-hybridized carbons (Fsp3) is 0.286. The van der Waals surface area contributed by atoms with Gasteiger partial charge in [0.1, 0.15) is 0 Å². The number of halogens is 1. The number of aromatic nitrogens is 2. The fourth-order valence-electron chi connectivity index (χ4n) is 3.61. The predicted octanol–water partition coefficient (Wildman–Crippen LogP) is 4.22. The van der Waals surface area contributed by atoms with E-state index in [1.54, 1.807) is 28.2 Å². The highest BCUT2D eigenvalue weighted by Crippen LogP contribution is 2.31. The van der Waals surface area contributed by atoms with E-state index in [1.165, 1.54) is 4.70 Å². The predicted molar refractivity (Wildman–Crippen MR) is 128 cm³/mol. The molecule has 6 nitrogen and oxygen atoms in total. The monoisotopic (exact) mass is 501 g/mol. The lowest BCUT2D eigenvalue weighted by Gasteiger charge is -2.34. The summed E-state index contributed by atoms with van der Waals surface area (Å²) in [6.07, 6.45) is 0. The van der Waals surface area contributed by atoms with E-state index in [2.05, 4.69) is 48.2 Å². The average molecular weight is 502 g/mol. The van der Waals surface area contributed by atoms with E-state index in [1.807, 2.05) is 24.3 Å². The number of nitrogens with one attached hydrogen (secondary N) is 1. The van der Waals surface area contributed by atoms with E-state index in [4.69, 9.17) is 4.98 Å². The molecule has 30 heavy (non-hydrogen) atoms. The van der Waals surface area contributed by atoms with Gasteiger partial charge < -0.3 is 10.2 Å². The quantitative estimate of drug-likeness (QED) is 0.443. The first kappa shape index (κ1) is 19.9. The maximum absolute atomic E-state index is 12.4. The van der Waals surface area contributed by atoms with Crippen LogP contribution in [0.5, 0.6) is 0 Å². The topological polar surface area (TPSA) is 61.4 Å². The van der Waals surface area contributed by atoms with Crippen LogP contribution in [0, 0.1) is 0 Å². The van der Waals surface area contributed by atoms with E-state index in [0.717, 1.165) is 58.1 Å². The third-order valence-corrected chi connectivity index (χ3v) is 7.65. The molecule has 154 valence electrons. The maximum atomic E-state index is 12.4. The number of fused-ring (bicyclic) bond motifs is 2. The van der Waals surface area contributed by atoms with Crippen LogP contribution in [-0.4, -0.2) is 60.0 Å². The number of piperazine rings is 1. The third-order valence-electron chi connectivity index (χ3n) is 5.29. The van der Waals surface area contributed by atoms with Crippen molar-refractivity contribution in [3.05, 3.63) is 51.9 Å². The van der Waals surface area contributed by atoms with Crippen molar-refractivity contribution in [2.24, 2.45) is 0 Å². The summed E-state index contributed by atoms with van der Waals surface area (Å²) in [5, 5.41) is 4.14. The van der Waals surface area contributed by atoms with Gasteiger partial charge in [-0.1, -0.05) is 27.3 Å². The van der Waals surface area contributed by atoms with Crippen LogP contribution in [0.4, 0.5) is 5.13 Å². The summed E-state index contributed by atoms with van der Waals surface area (Å²) >= 11 is 6.83. The molecule has 3 heterocycles. The SMILES string of the molecule is O=C(NCCN1CCN(c2nc3ccc(Br)cc3s2)CC1)c1ccc2ncsc2c1. The second kappa shape index (κ2) is 8.58. The van der Waals surface area contributed by atoms with Gasteiger partial charge in [0, 0.05) is 49.3 Å². The molecule has 1 aliphatic rings. The summed E-state index contributed by atoms with van der Waals surface area (Å²) in [5.41, 5.74) is 4.49. The molecule has 1 amide bonds. The molecular weight excluding hydrogens is 482 g/mol. The minimum atomic E-state index is -0.0235. The lowest BCUT2D eigenvalue weighted by molar-refractivity contribution is 0.0948. The minimum Gasteiger partial charge on any atom is -0.351 e. The van der Waals surface area contributed by atoms with E-state index in [-0.39, 0.29) is 5.91 Å². The highest BCUT2D eigenvalue weighted by molar-refractivity contribution is 9.10. The van der Waals surface area contributed by atoms with Gasteiger partial charge in [0.2, 0.25) is 0 Å². The molecule has 2 aromatic carbocycles.